The van der Waals surface area contributed by atoms with Crippen LogP contribution in [0, 0.1) is 5.41 Å². The van der Waals surface area contributed by atoms with Gasteiger partial charge in [0.15, 0.2) is 0 Å². The third-order valence-electron chi connectivity index (χ3n) is 3.72. The van der Waals surface area contributed by atoms with Gasteiger partial charge in [-0.25, -0.2) is 4.79 Å². The van der Waals surface area contributed by atoms with Crippen molar-refractivity contribution in [3.05, 3.63) is 12.7 Å². The Morgan fingerprint density at radius 3 is 2.47 bits per heavy atom. The van der Waals surface area contributed by atoms with E-state index in [0.717, 1.165) is 25.3 Å². The molecule has 19 heavy (non-hydrogen) atoms. The van der Waals surface area contributed by atoms with E-state index in [0.29, 0.717) is 12.8 Å². The first-order valence-corrected chi connectivity index (χ1v) is 6.44. The maximum atomic E-state index is 12.1. The van der Waals surface area contributed by atoms with Gasteiger partial charge in [0.05, 0.1) is 6.54 Å². The number of rotatable bonds is 5. The van der Waals surface area contributed by atoms with Crippen molar-refractivity contribution in [3.63, 3.8) is 0 Å². The first-order valence-electron chi connectivity index (χ1n) is 6.44. The Kier molecular flexibility index (Phi) is 3.99. The minimum atomic E-state index is -0.754. The molecule has 104 valence electrons. The largest absolute Gasteiger partial charge is 0.365 e. The number of carbonyl (C=O) groups is 3. The predicted octanol–water partition coefficient (Wildman–Crippen LogP) is 0.966. The van der Waals surface area contributed by atoms with Crippen LogP contribution in [0.2, 0.25) is 0 Å². The van der Waals surface area contributed by atoms with E-state index in [1.54, 1.807) is 0 Å². The predicted molar refractivity (Wildman–Crippen MR) is 64.5 cm³/mol. The lowest BCUT2D eigenvalue weighted by Crippen LogP contribution is -2.67. The summed E-state index contributed by atoms with van der Waals surface area (Å²) < 4.78 is 0. The van der Waals surface area contributed by atoms with Gasteiger partial charge in [-0.3, -0.25) is 19.4 Å². The highest BCUT2D eigenvalue weighted by Crippen LogP contribution is 2.45. The molecule has 0 aromatic heterocycles. The van der Waals surface area contributed by atoms with Gasteiger partial charge in [0.2, 0.25) is 11.8 Å². The van der Waals surface area contributed by atoms with Crippen molar-refractivity contribution < 1.29 is 24.2 Å². The van der Waals surface area contributed by atoms with Crippen molar-refractivity contribution in [3.8, 4) is 0 Å². The molecule has 6 heteroatoms. The highest BCUT2D eigenvalue weighted by atomic mass is 17.2. The SMILES string of the molecule is C=CC(=O)OOCCN1C(=O)C2(CCCCC2)C1=O. The molecular weight excluding hydrogens is 250 g/mol. The Morgan fingerprint density at radius 2 is 1.89 bits per heavy atom. The third kappa shape index (κ3) is 2.40. The average Bonchev–Trinajstić information content (AvgIpc) is 2.47. The number of imide groups is 1. The van der Waals surface area contributed by atoms with Gasteiger partial charge in [-0.15, -0.1) is 0 Å². The quantitative estimate of drug-likeness (QED) is 0.185. The molecule has 1 aliphatic heterocycles. The molecule has 2 fully saturated rings. The van der Waals surface area contributed by atoms with Crippen LogP contribution in [0.15, 0.2) is 12.7 Å². The maximum Gasteiger partial charge on any atom is 0.365 e. The van der Waals surface area contributed by atoms with E-state index in [1.807, 2.05) is 0 Å². The zero-order valence-electron chi connectivity index (χ0n) is 10.7. The van der Waals surface area contributed by atoms with E-state index in [1.165, 1.54) is 4.90 Å². The van der Waals surface area contributed by atoms with E-state index >= 15 is 0 Å². The van der Waals surface area contributed by atoms with Gasteiger partial charge >= 0.3 is 5.97 Å². The van der Waals surface area contributed by atoms with Crippen LogP contribution in [0.4, 0.5) is 0 Å². The Balaban J connectivity index is 1.78. The highest BCUT2D eigenvalue weighted by Gasteiger charge is 2.60. The molecule has 1 saturated carbocycles. The Labute approximate surface area is 111 Å². The summed E-state index contributed by atoms with van der Waals surface area (Å²) in [5.41, 5.74) is -0.754. The zero-order valence-corrected chi connectivity index (χ0v) is 10.7. The molecule has 1 aliphatic carbocycles. The molecule has 2 amide bonds. The number of hydrogen-bond acceptors (Lipinski definition) is 5. The molecule has 0 aromatic carbocycles. The number of amides is 2. The molecule has 0 atom stereocenters. The van der Waals surface area contributed by atoms with E-state index in [9.17, 15) is 14.4 Å². The van der Waals surface area contributed by atoms with Crippen molar-refractivity contribution in [2.75, 3.05) is 13.2 Å². The van der Waals surface area contributed by atoms with Crippen molar-refractivity contribution in [1.29, 1.82) is 0 Å². The summed E-state index contributed by atoms with van der Waals surface area (Å²) in [4.78, 5) is 44.9. The minimum Gasteiger partial charge on any atom is -0.293 e. The van der Waals surface area contributed by atoms with E-state index in [-0.39, 0.29) is 25.0 Å². The molecule has 0 N–H and O–H groups in total. The fraction of sp³-hybridized carbons (Fsp3) is 0.615. The van der Waals surface area contributed by atoms with Crippen molar-refractivity contribution in [2.24, 2.45) is 5.41 Å². The molecule has 6 nitrogen and oxygen atoms in total. The molecule has 2 rings (SSSR count). The van der Waals surface area contributed by atoms with Crippen LogP contribution in [0.5, 0.6) is 0 Å². The number of likely N-dealkylation sites (tertiary alicyclic amines) is 1. The highest BCUT2D eigenvalue weighted by molar-refractivity contribution is 6.21. The third-order valence-corrected chi connectivity index (χ3v) is 3.72. The van der Waals surface area contributed by atoms with Crippen LogP contribution >= 0.6 is 0 Å². The summed E-state index contributed by atoms with van der Waals surface area (Å²) in [5, 5.41) is 0. The Morgan fingerprint density at radius 1 is 1.26 bits per heavy atom. The first-order chi connectivity index (χ1) is 9.12. The van der Waals surface area contributed by atoms with Gasteiger partial charge in [0.25, 0.3) is 0 Å². The van der Waals surface area contributed by atoms with Crippen LogP contribution in [-0.4, -0.2) is 35.8 Å². The van der Waals surface area contributed by atoms with Crippen LogP contribution in [0.3, 0.4) is 0 Å². The molecular formula is C13H17NO5. The van der Waals surface area contributed by atoms with E-state index in [2.05, 4.69) is 16.4 Å². The van der Waals surface area contributed by atoms with Gasteiger partial charge in [-0.05, 0) is 12.8 Å². The smallest absolute Gasteiger partial charge is 0.293 e. The number of β-lactam (4-membered cyclic amide) rings is 2. The Hall–Kier alpha value is -1.69. The first kappa shape index (κ1) is 13.7. The van der Waals surface area contributed by atoms with Gasteiger partial charge in [0.1, 0.15) is 12.0 Å². The summed E-state index contributed by atoms with van der Waals surface area (Å²) in [6, 6.07) is 0. The molecule has 0 unspecified atom stereocenters. The fourth-order valence-electron chi connectivity index (χ4n) is 2.70. The molecule has 0 bridgehead atoms. The second kappa shape index (κ2) is 5.52. The molecule has 1 heterocycles. The van der Waals surface area contributed by atoms with Crippen molar-refractivity contribution in [2.45, 2.75) is 32.1 Å². The molecule has 1 spiro atoms. The van der Waals surface area contributed by atoms with Crippen LogP contribution in [-0.2, 0) is 24.2 Å². The lowest BCUT2D eigenvalue weighted by molar-refractivity contribution is -0.268. The van der Waals surface area contributed by atoms with Gasteiger partial charge < -0.3 is 0 Å². The van der Waals surface area contributed by atoms with Gasteiger partial charge in [-0.2, -0.15) is 4.89 Å². The fourth-order valence-corrected chi connectivity index (χ4v) is 2.70. The Bertz CT molecular complexity index is 393. The number of hydrogen-bond donors (Lipinski definition) is 0. The van der Waals surface area contributed by atoms with E-state index in [4.69, 9.17) is 0 Å². The maximum absolute atomic E-state index is 12.1. The molecule has 0 aromatic rings. The van der Waals surface area contributed by atoms with Crippen LogP contribution in [0.1, 0.15) is 32.1 Å². The van der Waals surface area contributed by atoms with Crippen LogP contribution < -0.4 is 0 Å². The lowest BCUT2D eigenvalue weighted by atomic mass is 9.67. The summed E-state index contributed by atoms with van der Waals surface area (Å²) in [6.07, 6.45) is 5.23. The minimum absolute atomic E-state index is 0.0207. The number of carbonyl (C=O) groups excluding carboxylic acids is 3. The summed E-state index contributed by atoms with van der Waals surface area (Å²) in [5.74, 6) is -0.934. The zero-order chi connectivity index (χ0) is 13.9. The summed E-state index contributed by atoms with van der Waals surface area (Å²) in [7, 11) is 0. The molecule has 1 saturated heterocycles. The molecule has 2 aliphatic rings. The van der Waals surface area contributed by atoms with Crippen molar-refractivity contribution >= 4 is 17.8 Å². The average molecular weight is 267 g/mol. The van der Waals surface area contributed by atoms with Gasteiger partial charge in [-0.1, -0.05) is 25.8 Å². The normalized spacial score (nSPS) is 21.2. The molecule has 0 radical (unpaired) electrons. The standard InChI is InChI=1S/C13H17NO5/c1-2-10(15)19-18-9-8-14-11(16)13(12(14)17)6-4-3-5-7-13/h2H,1,3-9H2. The van der Waals surface area contributed by atoms with E-state index < -0.39 is 11.4 Å². The second-order valence-corrected chi connectivity index (χ2v) is 4.83. The van der Waals surface area contributed by atoms with Crippen LogP contribution in [0.25, 0.3) is 0 Å². The lowest BCUT2D eigenvalue weighted by Gasteiger charge is -2.48. The monoisotopic (exact) mass is 267 g/mol. The topological polar surface area (TPSA) is 72.9 Å². The summed E-state index contributed by atoms with van der Waals surface area (Å²) in [6.45, 7) is 3.30. The van der Waals surface area contributed by atoms with Crippen molar-refractivity contribution in [1.82, 2.24) is 4.90 Å². The second-order valence-electron chi connectivity index (χ2n) is 4.83. The number of nitrogens with zero attached hydrogens (tertiary/aromatic N) is 1. The summed E-state index contributed by atoms with van der Waals surface area (Å²) >= 11 is 0. The van der Waals surface area contributed by atoms with Gasteiger partial charge in [0, 0.05) is 6.08 Å².